The van der Waals surface area contributed by atoms with Gasteiger partial charge in [0.2, 0.25) is 5.91 Å². The van der Waals surface area contributed by atoms with Crippen LogP contribution < -0.4 is 10.1 Å². The van der Waals surface area contributed by atoms with Crippen molar-refractivity contribution in [2.45, 2.75) is 6.92 Å². The maximum absolute atomic E-state index is 11.9. The third-order valence-corrected chi connectivity index (χ3v) is 3.49. The van der Waals surface area contributed by atoms with Crippen molar-refractivity contribution < 1.29 is 9.53 Å². The molecule has 2 aromatic rings. The Bertz CT molecular complexity index is 663. The third-order valence-electron chi connectivity index (χ3n) is 3.00. The number of methoxy groups -OCH3 is 1. The van der Waals surface area contributed by atoms with Crippen LogP contribution in [0.4, 0.5) is 5.69 Å². The molecule has 4 heteroatoms. The fourth-order valence-electron chi connectivity index (χ4n) is 1.79. The summed E-state index contributed by atoms with van der Waals surface area (Å²) in [7, 11) is 1.62. The molecule has 3 nitrogen and oxygen atoms in total. The van der Waals surface area contributed by atoms with Gasteiger partial charge in [-0.25, -0.2) is 0 Å². The Balaban J connectivity index is 2.03. The maximum atomic E-state index is 11.9. The second-order valence-electron chi connectivity index (χ2n) is 4.55. The minimum absolute atomic E-state index is 0.160. The summed E-state index contributed by atoms with van der Waals surface area (Å²) < 4.78 is 6.02. The number of anilines is 1. The van der Waals surface area contributed by atoms with Crippen molar-refractivity contribution in [2.75, 3.05) is 12.4 Å². The second-order valence-corrected chi connectivity index (χ2v) is 5.47. The van der Waals surface area contributed by atoms with E-state index in [-0.39, 0.29) is 5.91 Å². The van der Waals surface area contributed by atoms with Crippen molar-refractivity contribution in [1.29, 1.82) is 0 Å². The van der Waals surface area contributed by atoms with Crippen LogP contribution in [0.15, 0.2) is 53.0 Å². The molecule has 0 saturated carbocycles. The molecule has 0 bridgehead atoms. The zero-order valence-corrected chi connectivity index (χ0v) is 13.5. The van der Waals surface area contributed by atoms with Crippen LogP contribution in [-0.2, 0) is 4.79 Å². The van der Waals surface area contributed by atoms with E-state index in [1.165, 1.54) is 6.08 Å². The van der Waals surface area contributed by atoms with Crippen LogP contribution >= 0.6 is 15.9 Å². The minimum Gasteiger partial charge on any atom is -0.497 e. The molecule has 0 radical (unpaired) electrons. The molecular formula is C17H16BrNO2. The lowest BCUT2D eigenvalue weighted by Gasteiger charge is -2.06. The Morgan fingerprint density at radius 1 is 1.19 bits per heavy atom. The fourth-order valence-corrected chi connectivity index (χ4v) is 2.15. The fraction of sp³-hybridized carbons (Fsp3) is 0.118. The number of nitrogens with one attached hydrogen (secondary N) is 1. The molecule has 0 heterocycles. The predicted molar refractivity (Wildman–Crippen MR) is 89.5 cm³/mol. The molecule has 21 heavy (non-hydrogen) atoms. The first kappa shape index (κ1) is 15.3. The van der Waals surface area contributed by atoms with Gasteiger partial charge in [0.25, 0.3) is 0 Å². The Kier molecular flexibility index (Phi) is 5.17. The lowest BCUT2D eigenvalue weighted by Crippen LogP contribution is -2.08. The average molecular weight is 346 g/mol. The van der Waals surface area contributed by atoms with Gasteiger partial charge in [0, 0.05) is 16.2 Å². The zero-order valence-electron chi connectivity index (χ0n) is 11.9. The molecule has 108 valence electrons. The lowest BCUT2D eigenvalue weighted by atomic mass is 10.2. The SMILES string of the molecule is COc1ccc(/C=C/C(=O)Nc2cc(Br)ccc2C)cc1. The predicted octanol–water partition coefficient (Wildman–Crippen LogP) is 4.42. The molecule has 1 amide bonds. The molecule has 0 saturated heterocycles. The molecule has 0 aliphatic rings. The van der Waals surface area contributed by atoms with Crippen LogP contribution in [-0.4, -0.2) is 13.0 Å². The summed E-state index contributed by atoms with van der Waals surface area (Å²) in [6, 6.07) is 13.3. The summed E-state index contributed by atoms with van der Waals surface area (Å²) in [5.41, 5.74) is 2.76. The van der Waals surface area contributed by atoms with Gasteiger partial charge in [-0.15, -0.1) is 0 Å². The highest BCUT2D eigenvalue weighted by atomic mass is 79.9. The molecule has 2 aromatic carbocycles. The summed E-state index contributed by atoms with van der Waals surface area (Å²) in [5, 5.41) is 2.86. The summed E-state index contributed by atoms with van der Waals surface area (Å²) >= 11 is 3.39. The Hall–Kier alpha value is -2.07. The van der Waals surface area contributed by atoms with Gasteiger partial charge in [-0.3, -0.25) is 4.79 Å². The molecule has 0 aliphatic carbocycles. The van der Waals surface area contributed by atoms with Crippen LogP contribution in [0.3, 0.4) is 0 Å². The van der Waals surface area contributed by atoms with Gasteiger partial charge in [-0.1, -0.05) is 34.1 Å². The van der Waals surface area contributed by atoms with Crippen LogP contribution in [0.25, 0.3) is 6.08 Å². The Labute approximate surface area is 132 Å². The normalized spacial score (nSPS) is 10.6. The molecule has 0 fully saturated rings. The van der Waals surface area contributed by atoms with Crippen LogP contribution in [0.5, 0.6) is 5.75 Å². The second kappa shape index (κ2) is 7.09. The lowest BCUT2D eigenvalue weighted by molar-refractivity contribution is -0.111. The zero-order chi connectivity index (χ0) is 15.2. The largest absolute Gasteiger partial charge is 0.497 e. The molecule has 0 unspecified atom stereocenters. The van der Waals surface area contributed by atoms with Crippen molar-refractivity contribution in [3.05, 3.63) is 64.1 Å². The first-order chi connectivity index (χ1) is 10.1. The van der Waals surface area contributed by atoms with Crippen molar-refractivity contribution in [2.24, 2.45) is 0 Å². The summed E-state index contributed by atoms with van der Waals surface area (Å²) in [5.74, 6) is 0.633. The molecule has 0 aliphatic heterocycles. The van der Waals surface area contributed by atoms with Crippen LogP contribution in [0.2, 0.25) is 0 Å². The summed E-state index contributed by atoms with van der Waals surface area (Å²) in [6.07, 6.45) is 3.28. The quantitative estimate of drug-likeness (QED) is 0.833. The van der Waals surface area contributed by atoms with E-state index in [0.717, 1.165) is 27.0 Å². The van der Waals surface area contributed by atoms with Gasteiger partial charge >= 0.3 is 0 Å². The number of aryl methyl sites for hydroxylation is 1. The van der Waals surface area contributed by atoms with E-state index >= 15 is 0 Å². The maximum Gasteiger partial charge on any atom is 0.248 e. The highest BCUT2D eigenvalue weighted by molar-refractivity contribution is 9.10. The first-order valence-corrected chi connectivity index (χ1v) is 7.27. The monoisotopic (exact) mass is 345 g/mol. The number of halogens is 1. The van der Waals surface area contributed by atoms with Crippen molar-refractivity contribution >= 4 is 33.6 Å². The van der Waals surface area contributed by atoms with Crippen LogP contribution in [0.1, 0.15) is 11.1 Å². The standard InChI is InChI=1S/C17H16BrNO2/c1-12-3-7-14(18)11-16(12)19-17(20)10-6-13-4-8-15(21-2)9-5-13/h3-11H,1-2H3,(H,19,20)/b10-6+. The van der Waals surface area contributed by atoms with Crippen molar-refractivity contribution in [3.63, 3.8) is 0 Å². The number of amides is 1. The third kappa shape index (κ3) is 4.46. The van der Waals surface area contributed by atoms with Gasteiger partial charge in [0.15, 0.2) is 0 Å². The number of carbonyl (C=O) groups excluding carboxylic acids is 1. The van der Waals surface area contributed by atoms with Gasteiger partial charge in [0.1, 0.15) is 5.75 Å². The minimum atomic E-state index is -0.160. The van der Waals surface area contributed by atoms with Gasteiger partial charge in [-0.2, -0.15) is 0 Å². The Morgan fingerprint density at radius 2 is 1.90 bits per heavy atom. The molecule has 2 rings (SSSR count). The van der Waals surface area contributed by atoms with Crippen molar-refractivity contribution in [3.8, 4) is 5.75 Å². The van der Waals surface area contributed by atoms with Crippen molar-refractivity contribution in [1.82, 2.24) is 0 Å². The van der Waals surface area contributed by atoms with E-state index in [1.807, 2.05) is 49.4 Å². The van der Waals surface area contributed by atoms with E-state index in [1.54, 1.807) is 13.2 Å². The molecule has 0 aromatic heterocycles. The molecule has 0 spiro atoms. The number of benzene rings is 2. The number of hydrogen-bond donors (Lipinski definition) is 1. The summed E-state index contributed by atoms with van der Waals surface area (Å²) in [4.78, 5) is 11.9. The van der Waals surface area contributed by atoms with E-state index in [4.69, 9.17) is 4.74 Å². The van der Waals surface area contributed by atoms with E-state index < -0.39 is 0 Å². The molecule has 0 atom stereocenters. The van der Waals surface area contributed by atoms with E-state index in [9.17, 15) is 4.79 Å². The average Bonchev–Trinajstić information content (AvgIpc) is 2.49. The highest BCUT2D eigenvalue weighted by Crippen LogP contribution is 2.20. The Morgan fingerprint density at radius 3 is 2.57 bits per heavy atom. The number of hydrogen-bond acceptors (Lipinski definition) is 2. The number of ether oxygens (including phenoxy) is 1. The van der Waals surface area contributed by atoms with Gasteiger partial charge < -0.3 is 10.1 Å². The van der Waals surface area contributed by atoms with Crippen LogP contribution in [0, 0.1) is 6.92 Å². The number of rotatable bonds is 4. The summed E-state index contributed by atoms with van der Waals surface area (Å²) in [6.45, 7) is 1.95. The van der Waals surface area contributed by atoms with E-state index in [0.29, 0.717) is 0 Å². The smallest absolute Gasteiger partial charge is 0.248 e. The molecule has 1 N–H and O–H groups in total. The molecular weight excluding hydrogens is 330 g/mol. The number of carbonyl (C=O) groups is 1. The van der Waals surface area contributed by atoms with Gasteiger partial charge in [0.05, 0.1) is 7.11 Å². The first-order valence-electron chi connectivity index (χ1n) is 6.48. The van der Waals surface area contributed by atoms with Gasteiger partial charge in [-0.05, 0) is 48.4 Å². The van der Waals surface area contributed by atoms with E-state index in [2.05, 4.69) is 21.2 Å². The highest BCUT2D eigenvalue weighted by Gasteiger charge is 2.02. The topological polar surface area (TPSA) is 38.3 Å².